The van der Waals surface area contributed by atoms with Gasteiger partial charge in [0.15, 0.2) is 0 Å². The lowest BCUT2D eigenvalue weighted by molar-refractivity contribution is 0.320. The predicted molar refractivity (Wildman–Crippen MR) is 62.4 cm³/mol. The number of hydrogen-bond acceptors (Lipinski definition) is 3. The van der Waals surface area contributed by atoms with E-state index in [9.17, 15) is 0 Å². The van der Waals surface area contributed by atoms with Crippen molar-refractivity contribution in [3.05, 3.63) is 26.6 Å². The zero-order chi connectivity index (χ0) is 10.6. The fraction of sp³-hybridized carbons (Fsp3) is 0.222. The Balaban J connectivity index is 3.21. The maximum atomic E-state index is 8.48. The van der Waals surface area contributed by atoms with Crippen molar-refractivity contribution in [2.75, 3.05) is 6.61 Å². The van der Waals surface area contributed by atoms with Gasteiger partial charge in [-0.15, -0.1) is 0 Å². The van der Waals surface area contributed by atoms with E-state index in [4.69, 9.17) is 9.94 Å². The molecule has 0 spiro atoms. The van der Waals surface area contributed by atoms with Crippen LogP contribution in [0.1, 0.15) is 12.5 Å². The number of oxime groups is 1. The van der Waals surface area contributed by atoms with Crippen LogP contribution in [0.2, 0.25) is 0 Å². The second kappa shape index (κ2) is 5.36. The average Bonchev–Trinajstić information content (AvgIpc) is 2.11. The van der Waals surface area contributed by atoms with E-state index in [2.05, 4.69) is 37.0 Å². The van der Waals surface area contributed by atoms with Crippen molar-refractivity contribution >= 4 is 38.1 Å². The Labute approximate surface area is 99.0 Å². The zero-order valence-corrected chi connectivity index (χ0v) is 10.7. The third kappa shape index (κ3) is 2.72. The lowest BCUT2D eigenvalue weighted by atomic mass is 10.2. The first-order valence-electron chi connectivity index (χ1n) is 3.98. The Bertz CT molecular complexity index is 353. The predicted octanol–water partition coefficient (Wildman–Crippen LogP) is 3.42. The molecule has 0 heterocycles. The summed E-state index contributed by atoms with van der Waals surface area (Å²) in [5, 5.41) is 11.5. The molecule has 0 atom stereocenters. The third-order valence-corrected chi connectivity index (χ3v) is 2.57. The molecule has 14 heavy (non-hydrogen) atoms. The molecule has 3 nitrogen and oxygen atoms in total. The monoisotopic (exact) mass is 321 g/mol. The molecule has 0 aromatic heterocycles. The molecule has 0 aliphatic carbocycles. The van der Waals surface area contributed by atoms with Gasteiger partial charge in [0.2, 0.25) is 0 Å². The van der Waals surface area contributed by atoms with Gasteiger partial charge >= 0.3 is 0 Å². The van der Waals surface area contributed by atoms with Crippen LogP contribution in [0.4, 0.5) is 0 Å². The van der Waals surface area contributed by atoms with Crippen molar-refractivity contribution in [1.29, 1.82) is 0 Å². The second-order valence-electron chi connectivity index (χ2n) is 2.48. The number of benzene rings is 1. The molecule has 5 heteroatoms. The zero-order valence-electron chi connectivity index (χ0n) is 7.50. The summed E-state index contributed by atoms with van der Waals surface area (Å²) in [4.78, 5) is 0. The molecule has 0 saturated heterocycles. The molecule has 0 fully saturated rings. The molecule has 0 aliphatic rings. The van der Waals surface area contributed by atoms with E-state index in [0.717, 1.165) is 14.5 Å². The number of rotatable bonds is 3. The van der Waals surface area contributed by atoms with E-state index in [1.807, 2.05) is 19.1 Å². The van der Waals surface area contributed by atoms with Crippen molar-refractivity contribution in [1.82, 2.24) is 0 Å². The van der Waals surface area contributed by atoms with Crippen molar-refractivity contribution in [3.8, 4) is 5.75 Å². The van der Waals surface area contributed by atoms with Crippen LogP contribution >= 0.6 is 31.9 Å². The molecule has 0 unspecified atom stereocenters. The van der Waals surface area contributed by atoms with Crippen LogP contribution in [0.15, 0.2) is 26.2 Å². The Morgan fingerprint density at radius 2 is 2.21 bits per heavy atom. The van der Waals surface area contributed by atoms with E-state index in [0.29, 0.717) is 12.4 Å². The maximum Gasteiger partial charge on any atom is 0.142 e. The van der Waals surface area contributed by atoms with Crippen molar-refractivity contribution in [2.45, 2.75) is 6.92 Å². The molecule has 0 bridgehead atoms. The van der Waals surface area contributed by atoms with Crippen LogP contribution in [-0.2, 0) is 0 Å². The molecule has 1 aromatic carbocycles. The minimum atomic E-state index is 0.562. The van der Waals surface area contributed by atoms with Crippen LogP contribution in [0.3, 0.4) is 0 Å². The van der Waals surface area contributed by atoms with Gasteiger partial charge in [-0.1, -0.05) is 21.1 Å². The maximum absolute atomic E-state index is 8.48. The molecular formula is C9H9Br2NO2. The van der Waals surface area contributed by atoms with Crippen LogP contribution in [0.5, 0.6) is 5.75 Å². The van der Waals surface area contributed by atoms with Crippen LogP contribution < -0.4 is 4.74 Å². The number of ether oxygens (including phenoxy) is 1. The van der Waals surface area contributed by atoms with E-state index in [1.54, 1.807) is 0 Å². The largest absolute Gasteiger partial charge is 0.492 e. The molecular weight excluding hydrogens is 314 g/mol. The number of hydrogen-bond donors (Lipinski definition) is 1. The van der Waals surface area contributed by atoms with Crippen molar-refractivity contribution in [2.24, 2.45) is 5.16 Å². The SMILES string of the molecule is CCOc1c(Br)cc(Br)cc1C=NO. The summed E-state index contributed by atoms with van der Waals surface area (Å²) in [7, 11) is 0. The normalized spacial score (nSPS) is 10.8. The van der Waals surface area contributed by atoms with Gasteiger partial charge in [-0.25, -0.2) is 0 Å². The molecule has 1 rings (SSSR count). The van der Waals surface area contributed by atoms with E-state index in [1.165, 1.54) is 6.21 Å². The smallest absolute Gasteiger partial charge is 0.142 e. The van der Waals surface area contributed by atoms with Gasteiger partial charge in [0.05, 0.1) is 17.3 Å². The van der Waals surface area contributed by atoms with Crippen molar-refractivity contribution < 1.29 is 9.94 Å². The summed E-state index contributed by atoms with van der Waals surface area (Å²) in [6, 6.07) is 3.69. The van der Waals surface area contributed by atoms with E-state index >= 15 is 0 Å². The highest BCUT2D eigenvalue weighted by atomic mass is 79.9. The van der Waals surface area contributed by atoms with Crippen LogP contribution in [0, 0.1) is 0 Å². The summed E-state index contributed by atoms with van der Waals surface area (Å²) in [5.74, 6) is 0.675. The van der Waals surface area contributed by atoms with Gasteiger partial charge in [-0.3, -0.25) is 0 Å². The Kier molecular flexibility index (Phi) is 4.41. The summed E-state index contributed by atoms with van der Waals surface area (Å²) < 4.78 is 7.12. The minimum absolute atomic E-state index is 0.562. The van der Waals surface area contributed by atoms with E-state index < -0.39 is 0 Å². The fourth-order valence-corrected chi connectivity index (χ4v) is 2.41. The molecule has 76 valence electrons. The Morgan fingerprint density at radius 3 is 2.79 bits per heavy atom. The average molecular weight is 323 g/mol. The Hall–Kier alpha value is -0.550. The first-order chi connectivity index (χ1) is 6.69. The van der Waals surface area contributed by atoms with Gasteiger partial charge in [0.1, 0.15) is 5.75 Å². The van der Waals surface area contributed by atoms with E-state index in [-0.39, 0.29) is 0 Å². The first kappa shape index (κ1) is 11.5. The van der Waals surface area contributed by atoms with Gasteiger partial charge in [-0.2, -0.15) is 0 Å². The highest BCUT2D eigenvalue weighted by Gasteiger charge is 2.08. The van der Waals surface area contributed by atoms with Gasteiger partial charge in [-0.05, 0) is 35.0 Å². The first-order valence-corrected chi connectivity index (χ1v) is 5.57. The highest BCUT2D eigenvalue weighted by molar-refractivity contribution is 9.11. The highest BCUT2D eigenvalue weighted by Crippen LogP contribution is 2.31. The standard InChI is InChI=1S/C9H9Br2NO2/c1-2-14-9-6(5-12-13)3-7(10)4-8(9)11/h3-5,13H,2H2,1H3. The fourth-order valence-electron chi connectivity index (χ4n) is 1.03. The van der Waals surface area contributed by atoms with Crippen molar-refractivity contribution in [3.63, 3.8) is 0 Å². The summed E-state index contributed by atoms with van der Waals surface area (Å²) in [6.07, 6.45) is 1.33. The summed E-state index contributed by atoms with van der Waals surface area (Å²) >= 11 is 6.71. The topological polar surface area (TPSA) is 41.8 Å². The minimum Gasteiger partial charge on any atom is -0.492 e. The lowest BCUT2D eigenvalue weighted by Gasteiger charge is -2.09. The Morgan fingerprint density at radius 1 is 1.50 bits per heavy atom. The second-order valence-corrected chi connectivity index (χ2v) is 4.25. The quantitative estimate of drug-likeness (QED) is 0.526. The lowest BCUT2D eigenvalue weighted by Crippen LogP contribution is -1.97. The summed E-state index contributed by atoms with van der Waals surface area (Å²) in [5.41, 5.74) is 0.718. The van der Waals surface area contributed by atoms with Gasteiger partial charge in [0, 0.05) is 10.0 Å². The molecule has 0 amide bonds. The molecule has 0 aliphatic heterocycles. The third-order valence-electron chi connectivity index (χ3n) is 1.52. The van der Waals surface area contributed by atoms with Gasteiger partial charge in [0.25, 0.3) is 0 Å². The summed E-state index contributed by atoms with van der Waals surface area (Å²) in [6.45, 7) is 2.46. The number of halogens is 2. The molecule has 1 N–H and O–H groups in total. The van der Waals surface area contributed by atoms with Crippen LogP contribution in [0.25, 0.3) is 0 Å². The van der Waals surface area contributed by atoms with Crippen LogP contribution in [-0.4, -0.2) is 18.0 Å². The molecule has 1 aromatic rings. The number of nitrogens with zero attached hydrogens (tertiary/aromatic N) is 1. The molecule has 0 radical (unpaired) electrons. The van der Waals surface area contributed by atoms with Gasteiger partial charge < -0.3 is 9.94 Å². The molecule has 0 saturated carbocycles.